The number of rotatable bonds is 1. The average molecular weight is 434 g/mol. The van der Waals surface area contributed by atoms with Crippen molar-refractivity contribution in [3.8, 4) is 0 Å². The summed E-state index contributed by atoms with van der Waals surface area (Å²) in [5.41, 5.74) is 0. The number of nitrogens with zero attached hydrogens (tertiary/aromatic N) is 2. The molecule has 3 heteroatoms. The van der Waals surface area contributed by atoms with E-state index in [0.29, 0.717) is 6.04 Å². The third-order valence-electron chi connectivity index (χ3n) is 2.74. The van der Waals surface area contributed by atoms with Crippen LogP contribution in [0.4, 0.5) is 0 Å². The second-order valence-electron chi connectivity index (χ2n) is 5.12. The number of hydrogen-bond donors (Lipinski definition) is 0. The zero-order chi connectivity index (χ0) is 10.7. The van der Waals surface area contributed by atoms with Gasteiger partial charge in [0.1, 0.15) is 0 Å². The van der Waals surface area contributed by atoms with E-state index in [2.05, 4.69) is 44.8 Å². The molecule has 2 saturated heterocycles. The summed E-state index contributed by atoms with van der Waals surface area (Å²) in [6.45, 7) is 13.2. The van der Waals surface area contributed by atoms with E-state index in [0.717, 1.165) is 18.6 Å². The van der Waals surface area contributed by atoms with Gasteiger partial charge in [0.15, 0.2) is 0 Å². The molecule has 2 nitrogen and oxygen atoms in total. The fraction of sp³-hybridized carbons (Fsp3) is 0.917. The van der Waals surface area contributed by atoms with Crippen LogP contribution >= 0.6 is 0 Å². The first-order valence-electron chi connectivity index (χ1n) is 5.71. The fourth-order valence-electron chi connectivity index (χ4n) is 2.05. The van der Waals surface area contributed by atoms with Crippen LogP contribution in [0.3, 0.4) is 0 Å². The van der Waals surface area contributed by atoms with Gasteiger partial charge in [-0.1, -0.05) is 6.42 Å². The molecule has 86 valence electrons. The minimum absolute atomic E-state index is 0. The van der Waals surface area contributed by atoms with E-state index in [9.17, 15) is 0 Å². The van der Waals surface area contributed by atoms with Gasteiger partial charge in [-0.15, -0.1) is 12.6 Å². The Kier molecular flexibility index (Phi) is 7.80. The van der Waals surface area contributed by atoms with Crippen molar-refractivity contribution in [2.75, 3.05) is 13.1 Å². The topological polar surface area (TPSA) is 17.3 Å². The first-order valence-corrected chi connectivity index (χ1v) is 5.71. The molecule has 15 heavy (non-hydrogen) atoms. The van der Waals surface area contributed by atoms with Crippen LogP contribution in [0.25, 0.3) is 5.32 Å². The van der Waals surface area contributed by atoms with Crippen molar-refractivity contribution in [3.63, 3.8) is 0 Å². The first-order chi connectivity index (χ1) is 6.52. The van der Waals surface area contributed by atoms with Crippen LogP contribution in [0.15, 0.2) is 0 Å². The van der Waals surface area contributed by atoms with Crippen LogP contribution in [-0.2, 0) is 0 Å². The van der Waals surface area contributed by atoms with Crippen molar-refractivity contribution >= 4 is 0 Å². The Balaban J connectivity index is 0.000000346. The van der Waals surface area contributed by atoms with Crippen molar-refractivity contribution in [3.05, 3.63) is 11.2 Å². The Morgan fingerprint density at radius 3 is 2.00 bits per heavy atom. The van der Waals surface area contributed by atoms with E-state index in [1.54, 1.807) is 0 Å². The average Bonchev–Trinajstić information content (AvgIpc) is 2.25. The van der Waals surface area contributed by atoms with Gasteiger partial charge in [0, 0.05) is 6.04 Å². The SMILES string of the molecule is CC(C)N1CCC2[N-]CC21.C[C-](C)C.[U+2]. The van der Waals surface area contributed by atoms with Gasteiger partial charge in [-0.2, -0.15) is 20.8 Å². The Morgan fingerprint density at radius 1 is 1.27 bits per heavy atom. The molecule has 0 spiro atoms. The van der Waals surface area contributed by atoms with Crippen molar-refractivity contribution < 1.29 is 31.1 Å². The van der Waals surface area contributed by atoms with Gasteiger partial charge < -0.3 is 16.1 Å². The molecule has 2 fully saturated rings. The molecule has 0 bridgehead atoms. The molecular formula is C12H24N2U. The molecule has 0 amide bonds. The molecule has 0 radical (unpaired) electrons. The molecule has 2 unspecified atom stereocenters. The molecule has 0 N–H and O–H groups in total. The van der Waals surface area contributed by atoms with Crippen LogP contribution < -0.4 is 0 Å². The van der Waals surface area contributed by atoms with Crippen LogP contribution in [-0.4, -0.2) is 36.1 Å². The molecule has 0 saturated carbocycles. The standard InChI is InChI=1S/C8H15N2.C4H9.U/c1-6(2)10-4-3-7-8(10)5-9-7;1-4(2)3;/h6-8H,3-5H2,1-2H3;1-3H3;/q2*-1;+2. The molecule has 2 aliphatic heterocycles. The predicted octanol–water partition coefficient (Wildman–Crippen LogP) is 2.85. The normalized spacial score (nSPS) is 29.0. The second-order valence-corrected chi connectivity index (χ2v) is 5.12. The summed E-state index contributed by atoms with van der Waals surface area (Å²) in [5.74, 6) is 1.42. The number of fused-ring (bicyclic) bond motifs is 1. The number of hydrogen-bond acceptors (Lipinski definition) is 1. The first kappa shape index (κ1) is 16.0. The smallest absolute Gasteiger partial charge is 0.657 e. The maximum absolute atomic E-state index is 4.42. The van der Waals surface area contributed by atoms with Crippen molar-refractivity contribution in [1.29, 1.82) is 0 Å². The van der Waals surface area contributed by atoms with Crippen molar-refractivity contribution in [2.45, 2.75) is 59.2 Å². The molecule has 0 aromatic heterocycles. The minimum atomic E-state index is 0. The third-order valence-corrected chi connectivity index (χ3v) is 2.74. The van der Waals surface area contributed by atoms with Crippen LogP contribution in [0.1, 0.15) is 41.0 Å². The van der Waals surface area contributed by atoms with Gasteiger partial charge in [-0.05, 0) is 26.4 Å². The largest absolute Gasteiger partial charge is 2.00 e. The van der Waals surface area contributed by atoms with E-state index < -0.39 is 0 Å². The van der Waals surface area contributed by atoms with Gasteiger partial charge in [0.05, 0.1) is 0 Å². The maximum Gasteiger partial charge on any atom is 2.00 e. The zero-order valence-electron chi connectivity index (χ0n) is 10.7. The summed E-state index contributed by atoms with van der Waals surface area (Å²) in [4.78, 5) is 2.58. The zero-order valence-corrected chi connectivity index (χ0v) is 14.9. The quantitative estimate of drug-likeness (QED) is 0.581. The van der Waals surface area contributed by atoms with Crippen LogP contribution in [0.5, 0.6) is 0 Å². The summed E-state index contributed by atoms with van der Waals surface area (Å²) in [5, 5.41) is 4.42. The number of likely N-dealkylation sites (tertiary alicyclic amines) is 1. The molecule has 2 atom stereocenters. The van der Waals surface area contributed by atoms with Gasteiger partial charge in [0.25, 0.3) is 0 Å². The Morgan fingerprint density at radius 2 is 1.80 bits per heavy atom. The molecule has 0 aliphatic carbocycles. The molecule has 2 heterocycles. The summed E-state index contributed by atoms with van der Waals surface area (Å²) in [6.07, 6.45) is 1.31. The summed E-state index contributed by atoms with van der Waals surface area (Å²) < 4.78 is 0. The van der Waals surface area contributed by atoms with Crippen molar-refractivity contribution in [2.24, 2.45) is 0 Å². The Labute approximate surface area is 119 Å². The van der Waals surface area contributed by atoms with E-state index >= 15 is 0 Å². The van der Waals surface area contributed by atoms with Crippen LogP contribution in [0, 0.1) is 37.0 Å². The summed E-state index contributed by atoms with van der Waals surface area (Å²) >= 11 is 0. The molecule has 2 rings (SSSR count). The van der Waals surface area contributed by atoms with Crippen molar-refractivity contribution in [1.82, 2.24) is 4.90 Å². The van der Waals surface area contributed by atoms with Gasteiger partial charge in [0.2, 0.25) is 0 Å². The van der Waals surface area contributed by atoms with Gasteiger partial charge in [-0.25, -0.2) is 0 Å². The van der Waals surface area contributed by atoms with Gasteiger partial charge in [-0.3, -0.25) is 0 Å². The van der Waals surface area contributed by atoms with E-state index in [1.807, 2.05) is 0 Å². The van der Waals surface area contributed by atoms with Crippen LogP contribution in [0.2, 0.25) is 0 Å². The fourth-order valence-corrected chi connectivity index (χ4v) is 2.05. The molecule has 0 aromatic rings. The molecular weight excluding hydrogens is 410 g/mol. The van der Waals surface area contributed by atoms with Gasteiger partial charge >= 0.3 is 31.1 Å². The summed E-state index contributed by atoms with van der Waals surface area (Å²) in [7, 11) is 0. The Hall–Kier alpha value is 0.972. The maximum atomic E-state index is 4.42. The second kappa shape index (κ2) is 7.33. The van der Waals surface area contributed by atoms with E-state index in [4.69, 9.17) is 0 Å². The minimum Gasteiger partial charge on any atom is -0.657 e. The monoisotopic (exact) mass is 434 g/mol. The predicted molar refractivity (Wildman–Crippen MR) is 62.5 cm³/mol. The summed E-state index contributed by atoms with van der Waals surface area (Å²) in [6, 6.07) is 2.26. The van der Waals surface area contributed by atoms with E-state index in [-0.39, 0.29) is 31.1 Å². The Bertz CT molecular complexity index is 168. The molecule has 0 aromatic carbocycles. The van der Waals surface area contributed by atoms with E-state index in [1.165, 1.54) is 18.9 Å². The molecule has 2 aliphatic rings. The third kappa shape index (κ3) is 4.77.